The summed E-state index contributed by atoms with van der Waals surface area (Å²) < 4.78 is 0.900. The monoisotopic (exact) mass is 766 g/mol. The first-order valence-electron chi connectivity index (χ1n) is 18.8. The van der Waals surface area contributed by atoms with Gasteiger partial charge in [-0.05, 0) is 0 Å². The van der Waals surface area contributed by atoms with Crippen LogP contribution < -0.4 is 10.4 Å². The predicted octanol–water partition coefficient (Wildman–Crippen LogP) is 12.0. The van der Waals surface area contributed by atoms with Crippen molar-refractivity contribution in [3.8, 4) is 33.4 Å². The van der Waals surface area contributed by atoms with Crippen molar-refractivity contribution in [2.24, 2.45) is 0 Å². The summed E-state index contributed by atoms with van der Waals surface area (Å²) in [6.45, 7) is 14.3. The molecule has 0 atom stereocenters. The number of benzene rings is 6. The van der Waals surface area contributed by atoms with Crippen molar-refractivity contribution >= 4 is 15.8 Å². The van der Waals surface area contributed by atoms with Gasteiger partial charge in [-0.25, -0.2) is 0 Å². The molecular formula is C50H48SiZr. The van der Waals surface area contributed by atoms with Crippen LogP contribution in [-0.2, 0) is 31.2 Å². The molecule has 0 aliphatic heterocycles. The zero-order valence-corrected chi connectivity index (χ0v) is 34.8. The minimum atomic E-state index is -2.68. The summed E-state index contributed by atoms with van der Waals surface area (Å²) in [6.07, 6.45) is 9.78. The molecule has 6 aromatic rings. The van der Waals surface area contributed by atoms with Gasteiger partial charge in [0, 0.05) is 0 Å². The molecule has 0 nitrogen and oxygen atoms in total. The van der Waals surface area contributed by atoms with Crippen molar-refractivity contribution in [1.82, 2.24) is 0 Å². The standard InChI is InChI=1S/C33H33.C12H10Si.C5H5.Zr/c1-32(2,3)30-20-26-24(18-28(30)22-13-9-7-10-14-22)17-25-19-29(23-15-11-8-12-16-23)31(21-27(25)26)33(4,5)6;1-3-7-11(8-4-1)13-12-9-5-2-6-10-12;1-2-4-5-3-1;/h7-21H,1-6H3;1-10H;1-5H;. The van der Waals surface area contributed by atoms with E-state index in [-0.39, 0.29) is 10.8 Å². The molecule has 8 rings (SSSR count). The van der Waals surface area contributed by atoms with E-state index in [4.69, 9.17) is 0 Å². The SMILES string of the molecule is CC(C)(C)c1cc2c(cc1-c1ccccc1)[CH]([Zr]([CH]1C=CC=C1)=[Si](c1ccccc1)c1ccccc1)c1cc(-c3ccccc3)c(C(C)(C)C)cc1-2. The fourth-order valence-corrected chi connectivity index (χ4v) is 31.4. The van der Waals surface area contributed by atoms with Crippen LogP contribution in [0.5, 0.6) is 0 Å². The molecule has 52 heavy (non-hydrogen) atoms. The van der Waals surface area contributed by atoms with E-state index < -0.39 is 25.8 Å². The van der Waals surface area contributed by atoms with Crippen molar-refractivity contribution in [2.45, 2.75) is 59.6 Å². The van der Waals surface area contributed by atoms with Gasteiger partial charge in [0.25, 0.3) is 0 Å². The van der Waals surface area contributed by atoms with Crippen LogP contribution >= 0.6 is 0 Å². The molecule has 0 fully saturated rings. The molecule has 0 heterocycles. The van der Waals surface area contributed by atoms with Crippen LogP contribution in [0.15, 0.2) is 170 Å². The summed E-state index contributed by atoms with van der Waals surface area (Å²) in [5.74, 6) is 0. The third-order valence-corrected chi connectivity index (χ3v) is 31.3. The summed E-state index contributed by atoms with van der Waals surface area (Å²) in [5.41, 5.74) is 13.1. The Morgan fingerprint density at radius 2 is 0.808 bits per heavy atom. The number of hydrogen-bond acceptors (Lipinski definition) is 0. The van der Waals surface area contributed by atoms with E-state index >= 15 is 0 Å². The third-order valence-electron chi connectivity index (χ3n) is 10.9. The van der Waals surface area contributed by atoms with Crippen LogP contribution in [0.25, 0.3) is 33.4 Å². The van der Waals surface area contributed by atoms with E-state index in [0.29, 0.717) is 7.25 Å². The van der Waals surface area contributed by atoms with Crippen LogP contribution in [-0.4, -0.2) is 5.43 Å². The fourth-order valence-electron chi connectivity index (χ4n) is 8.49. The molecule has 0 saturated heterocycles. The Bertz CT molecular complexity index is 2180. The van der Waals surface area contributed by atoms with Crippen LogP contribution in [0, 0.1) is 0 Å². The van der Waals surface area contributed by atoms with Crippen LogP contribution in [0.2, 0.25) is 3.63 Å². The normalized spacial score (nSPS) is 14.0. The Kier molecular flexibility index (Phi) is 9.44. The topological polar surface area (TPSA) is 0 Å². The fraction of sp³-hybridized carbons (Fsp3) is 0.200. The molecular weight excluding hydrogens is 720 g/mol. The van der Waals surface area contributed by atoms with Gasteiger partial charge in [-0.2, -0.15) is 0 Å². The first-order valence-corrected chi connectivity index (χ1v) is 26.8. The van der Waals surface area contributed by atoms with Gasteiger partial charge < -0.3 is 0 Å². The maximum absolute atomic E-state index is 2.68. The van der Waals surface area contributed by atoms with Gasteiger partial charge in [-0.1, -0.05) is 0 Å². The molecule has 2 heteroatoms. The van der Waals surface area contributed by atoms with Crippen molar-refractivity contribution in [3.05, 3.63) is 192 Å². The molecule has 0 amide bonds. The third kappa shape index (κ3) is 6.55. The minimum absolute atomic E-state index is 0.0170. The molecule has 0 spiro atoms. The van der Waals surface area contributed by atoms with E-state index in [0.717, 1.165) is 0 Å². The predicted molar refractivity (Wildman–Crippen MR) is 222 cm³/mol. The molecule has 0 bridgehead atoms. The van der Waals surface area contributed by atoms with Crippen molar-refractivity contribution in [3.63, 3.8) is 0 Å². The Balaban J connectivity index is 1.54. The van der Waals surface area contributed by atoms with E-state index in [9.17, 15) is 0 Å². The number of rotatable bonds is 6. The molecule has 0 aromatic heterocycles. The number of fused-ring (bicyclic) bond motifs is 3. The molecule has 0 unspecified atom stereocenters. The van der Waals surface area contributed by atoms with E-state index in [2.05, 4.69) is 211 Å². The van der Waals surface area contributed by atoms with Gasteiger partial charge in [-0.3, -0.25) is 0 Å². The second kappa shape index (κ2) is 14.0. The second-order valence-corrected chi connectivity index (χ2v) is 30.8. The average molecular weight is 768 g/mol. The molecule has 6 aromatic carbocycles. The first-order chi connectivity index (χ1) is 25.1. The summed E-state index contributed by atoms with van der Waals surface area (Å²) in [6, 6.07) is 56.1. The van der Waals surface area contributed by atoms with Gasteiger partial charge in [0.1, 0.15) is 0 Å². The van der Waals surface area contributed by atoms with E-state index in [1.54, 1.807) is 21.5 Å². The second-order valence-electron chi connectivity index (χ2n) is 16.5. The Morgan fingerprint density at radius 1 is 0.442 bits per heavy atom. The molecule has 2 aliphatic carbocycles. The number of allylic oxidation sites excluding steroid dienone is 4. The van der Waals surface area contributed by atoms with Crippen molar-refractivity contribution < 1.29 is 20.4 Å². The van der Waals surface area contributed by atoms with Crippen molar-refractivity contribution in [2.75, 3.05) is 0 Å². The Labute approximate surface area is 319 Å². The number of hydrogen-bond donors (Lipinski definition) is 0. The summed E-state index contributed by atoms with van der Waals surface area (Å²) in [5, 5.41) is 3.11. The van der Waals surface area contributed by atoms with Crippen LogP contribution in [0.4, 0.5) is 0 Å². The van der Waals surface area contributed by atoms with E-state index in [1.165, 1.54) is 44.5 Å². The van der Waals surface area contributed by atoms with Gasteiger partial charge in [0.15, 0.2) is 0 Å². The van der Waals surface area contributed by atoms with Gasteiger partial charge >= 0.3 is 321 Å². The van der Waals surface area contributed by atoms with Crippen molar-refractivity contribution in [1.29, 1.82) is 0 Å². The van der Waals surface area contributed by atoms with E-state index in [1.807, 2.05) is 0 Å². The average Bonchev–Trinajstić information content (AvgIpc) is 3.80. The summed E-state index contributed by atoms with van der Waals surface area (Å²) in [7, 11) is 0. The molecule has 256 valence electrons. The first kappa shape index (κ1) is 35.0. The van der Waals surface area contributed by atoms with Crippen LogP contribution in [0.3, 0.4) is 0 Å². The quantitative estimate of drug-likeness (QED) is 0.148. The molecule has 0 N–H and O–H groups in total. The molecule has 0 saturated carbocycles. The zero-order chi connectivity index (χ0) is 36.0. The Morgan fingerprint density at radius 3 is 1.17 bits per heavy atom. The Hall–Kier alpha value is -4.10. The summed E-state index contributed by atoms with van der Waals surface area (Å²) in [4.78, 5) is 0. The van der Waals surface area contributed by atoms with Gasteiger partial charge in [0.05, 0.1) is 0 Å². The summed E-state index contributed by atoms with van der Waals surface area (Å²) >= 11 is -2.68. The maximum atomic E-state index is 2.66. The molecule has 0 radical (unpaired) electrons. The van der Waals surface area contributed by atoms with Gasteiger partial charge in [0.2, 0.25) is 0 Å². The molecule has 2 aliphatic rings. The van der Waals surface area contributed by atoms with Gasteiger partial charge in [-0.15, -0.1) is 0 Å². The van der Waals surface area contributed by atoms with Crippen LogP contribution in [0.1, 0.15) is 67.4 Å². The zero-order valence-electron chi connectivity index (χ0n) is 31.3.